The van der Waals surface area contributed by atoms with E-state index < -0.39 is 0 Å². The zero-order valence-corrected chi connectivity index (χ0v) is 18.6. The van der Waals surface area contributed by atoms with Gasteiger partial charge < -0.3 is 0 Å². The Balaban J connectivity index is 4.45. The predicted octanol–water partition coefficient (Wildman–Crippen LogP) is 9.71. The van der Waals surface area contributed by atoms with Crippen LogP contribution in [0.2, 0.25) is 0 Å². The summed E-state index contributed by atoms with van der Waals surface area (Å²) in [4.78, 5) is 0. The molecule has 0 heterocycles. The summed E-state index contributed by atoms with van der Waals surface area (Å²) in [5, 5.41) is 0. The molecule has 0 saturated heterocycles. The maximum atomic E-state index is 2.35. The normalized spacial score (nSPS) is 13.9. The first kappa shape index (κ1) is 25.0. The van der Waals surface area contributed by atoms with Gasteiger partial charge in [0.1, 0.15) is 0 Å². The molecule has 0 N–H and O–H groups in total. The Hall–Kier alpha value is 0. The van der Waals surface area contributed by atoms with Crippen LogP contribution >= 0.6 is 0 Å². The van der Waals surface area contributed by atoms with E-state index in [1.807, 2.05) is 0 Å². The molecule has 152 valence electrons. The van der Waals surface area contributed by atoms with Crippen molar-refractivity contribution >= 4 is 0 Å². The van der Waals surface area contributed by atoms with Gasteiger partial charge in [-0.25, -0.2) is 0 Å². The van der Waals surface area contributed by atoms with Gasteiger partial charge in [-0.2, -0.15) is 0 Å². The van der Waals surface area contributed by atoms with Crippen LogP contribution in [-0.2, 0) is 0 Å². The van der Waals surface area contributed by atoms with Crippen molar-refractivity contribution < 1.29 is 0 Å². The van der Waals surface area contributed by atoms with E-state index in [-0.39, 0.29) is 0 Å². The molecule has 2 unspecified atom stereocenters. The first-order chi connectivity index (χ1) is 12.3. The fourth-order valence-corrected chi connectivity index (χ4v) is 4.39. The summed E-state index contributed by atoms with van der Waals surface area (Å²) in [6.45, 7) is 9.36. The van der Waals surface area contributed by atoms with E-state index in [4.69, 9.17) is 0 Å². The van der Waals surface area contributed by atoms with Crippen molar-refractivity contribution in [1.29, 1.82) is 0 Å². The second-order valence-electron chi connectivity index (χ2n) is 8.56. The van der Waals surface area contributed by atoms with Gasteiger partial charge in [-0.3, -0.25) is 0 Å². The molecule has 0 radical (unpaired) electrons. The van der Waals surface area contributed by atoms with Crippen molar-refractivity contribution in [3.63, 3.8) is 0 Å². The standard InChI is InChI=1S/C25H52/c1-5-9-13-15-19-23-25(21-17-12-8-4)24(20-16-11-7-3)22-18-14-10-6-2/h24-25H,5-23H2,1-4H3. The van der Waals surface area contributed by atoms with Gasteiger partial charge in [0.15, 0.2) is 0 Å². The smallest absolute Gasteiger partial charge is 0.0386 e. The maximum absolute atomic E-state index is 2.35. The topological polar surface area (TPSA) is 0 Å². The Morgan fingerprint density at radius 1 is 0.320 bits per heavy atom. The summed E-state index contributed by atoms with van der Waals surface area (Å²) < 4.78 is 0. The number of rotatable bonds is 20. The van der Waals surface area contributed by atoms with E-state index in [9.17, 15) is 0 Å². The Bertz CT molecular complexity index is 232. The van der Waals surface area contributed by atoms with E-state index in [0.717, 1.165) is 11.8 Å². The lowest BCUT2D eigenvalue weighted by Crippen LogP contribution is -2.16. The summed E-state index contributed by atoms with van der Waals surface area (Å²) in [7, 11) is 0. The van der Waals surface area contributed by atoms with Gasteiger partial charge in [-0.05, 0) is 11.8 Å². The minimum atomic E-state index is 1.03. The van der Waals surface area contributed by atoms with Crippen molar-refractivity contribution in [3.8, 4) is 0 Å². The van der Waals surface area contributed by atoms with E-state index in [2.05, 4.69) is 27.7 Å². The molecule has 0 amide bonds. The van der Waals surface area contributed by atoms with Crippen LogP contribution in [0.25, 0.3) is 0 Å². The lowest BCUT2D eigenvalue weighted by molar-refractivity contribution is 0.237. The van der Waals surface area contributed by atoms with Crippen LogP contribution < -0.4 is 0 Å². The molecule has 0 aliphatic rings. The highest BCUT2D eigenvalue weighted by Crippen LogP contribution is 2.33. The number of unbranched alkanes of at least 4 members (excludes halogenated alkanes) is 11. The molecule has 0 aromatic carbocycles. The van der Waals surface area contributed by atoms with E-state index in [0.29, 0.717) is 0 Å². The molecule has 0 spiro atoms. The third kappa shape index (κ3) is 15.9. The average molecular weight is 353 g/mol. The summed E-state index contributed by atoms with van der Waals surface area (Å²) in [6.07, 6.45) is 27.7. The van der Waals surface area contributed by atoms with Crippen LogP contribution in [0, 0.1) is 11.8 Å². The molecule has 0 heteroatoms. The summed E-state index contributed by atoms with van der Waals surface area (Å²) in [5.41, 5.74) is 0. The van der Waals surface area contributed by atoms with Crippen molar-refractivity contribution in [2.24, 2.45) is 11.8 Å². The minimum absolute atomic E-state index is 1.03. The van der Waals surface area contributed by atoms with Crippen LogP contribution in [0.1, 0.15) is 150 Å². The second kappa shape index (κ2) is 20.3. The molecule has 25 heavy (non-hydrogen) atoms. The molecule has 0 saturated carbocycles. The van der Waals surface area contributed by atoms with Gasteiger partial charge >= 0.3 is 0 Å². The van der Waals surface area contributed by atoms with Gasteiger partial charge in [-0.15, -0.1) is 0 Å². The molecule has 0 rings (SSSR count). The van der Waals surface area contributed by atoms with Crippen molar-refractivity contribution in [2.75, 3.05) is 0 Å². The molecule has 2 atom stereocenters. The summed E-state index contributed by atoms with van der Waals surface area (Å²) in [6, 6.07) is 0. The van der Waals surface area contributed by atoms with Gasteiger partial charge in [0.05, 0.1) is 0 Å². The van der Waals surface area contributed by atoms with Crippen molar-refractivity contribution in [2.45, 2.75) is 150 Å². The van der Waals surface area contributed by atoms with Crippen LogP contribution in [-0.4, -0.2) is 0 Å². The quantitative estimate of drug-likeness (QED) is 0.191. The van der Waals surface area contributed by atoms with Crippen molar-refractivity contribution in [3.05, 3.63) is 0 Å². The Morgan fingerprint density at radius 2 is 0.560 bits per heavy atom. The van der Waals surface area contributed by atoms with Crippen LogP contribution in [0.4, 0.5) is 0 Å². The van der Waals surface area contributed by atoms with Gasteiger partial charge in [0.25, 0.3) is 0 Å². The van der Waals surface area contributed by atoms with Crippen molar-refractivity contribution in [1.82, 2.24) is 0 Å². The summed E-state index contributed by atoms with van der Waals surface area (Å²) >= 11 is 0. The molecule has 0 aliphatic carbocycles. The lowest BCUT2D eigenvalue weighted by Gasteiger charge is -2.28. The maximum Gasteiger partial charge on any atom is -0.0386 e. The predicted molar refractivity (Wildman–Crippen MR) is 117 cm³/mol. The molecular weight excluding hydrogens is 300 g/mol. The molecule has 0 aromatic heterocycles. The zero-order chi connectivity index (χ0) is 18.6. The largest absolute Gasteiger partial charge is 0.0654 e. The third-order valence-electron chi connectivity index (χ3n) is 6.13. The highest BCUT2D eigenvalue weighted by atomic mass is 14.3. The van der Waals surface area contributed by atoms with Gasteiger partial charge in [-0.1, -0.05) is 150 Å². The monoisotopic (exact) mass is 352 g/mol. The fourth-order valence-electron chi connectivity index (χ4n) is 4.39. The molecular formula is C25H52. The van der Waals surface area contributed by atoms with Crippen LogP contribution in [0.5, 0.6) is 0 Å². The third-order valence-corrected chi connectivity index (χ3v) is 6.13. The first-order valence-corrected chi connectivity index (χ1v) is 12.3. The second-order valence-corrected chi connectivity index (χ2v) is 8.56. The van der Waals surface area contributed by atoms with E-state index in [1.54, 1.807) is 0 Å². The van der Waals surface area contributed by atoms with E-state index >= 15 is 0 Å². The Morgan fingerprint density at radius 3 is 0.920 bits per heavy atom. The lowest BCUT2D eigenvalue weighted by atomic mass is 9.78. The SMILES string of the molecule is CCCCCCCC(CCCCC)C(CCCCC)CCCCCC. The average Bonchev–Trinajstić information content (AvgIpc) is 2.62. The Kier molecular flexibility index (Phi) is 20.3. The summed E-state index contributed by atoms with van der Waals surface area (Å²) in [5.74, 6) is 2.07. The molecule has 0 nitrogen and oxygen atoms in total. The zero-order valence-electron chi connectivity index (χ0n) is 18.6. The van der Waals surface area contributed by atoms with Crippen LogP contribution in [0.3, 0.4) is 0 Å². The molecule has 0 aliphatic heterocycles. The van der Waals surface area contributed by atoms with E-state index in [1.165, 1.54) is 122 Å². The van der Waals surface area contributed by atoms with Crippen LogP contribution in [0.15, 0.2) is 0 Å². The fraction of sp³-hybridized carbons (Fsp3) is 1.00. The highest BCUT2D eigenvalue weighted by molar-refractivity contribution is 4.72. The molecule has 0 bridgehead atoms. The molecule has 0 fully saturated rings. The minimum Gasteiger partial charge on any atom is -0.0654 e. The molecule has 0 aromatic rings. The van der Waals surface area contributed by atoms with Gasteiger partial charge in [0, 0.05) is 0 Å². The number of hydrogen-bond donors (Lipinski definition) is 0. The Labute approximate surface area is 161 Å². The highest BCUT2D eigenvalue weighted by Gasteiger charge is 2.20. The first-order valence-electron chi connectivity index (χ1n) is 12.3. The number of hydrogen-bond acceptors (Lipinski definition) is 0. The van der Waals surface area contributed by atoms with Gasteiger partial charge in [0.2, 0.25) is 0 Å².